The number of nitrogens with two attached hydrogens (primary N) is 1. The van der Waals surface area contributed by atoms with E-state index in [4.69, 9.17) is 5.73 Å². The number of unbranched alkanes of at least 4 members (excludes halogenated alkanes) is 3. The monoisotopic (exact) mass is 347 g/mol. The average Bonchev–Trinajstić information content (AvgIpc) is 2.30. The first-order valence-corrected chi connectivity index (χ1v) is 15.6. The molecule has 0 aromatic rings. The molecule has 17 heavy (non-hydrogen) atoms. The third-order valence-electron chi connectivity index (χ3n) is 3.78. The van der Waals surface area contributed by atoms with Crippen LogP contribution in [-0.2, 0) is 0 Å². The Balaban J connectivity index is 4.56. The zero-order valence-electron chi connectivity index (χ0n) is 12.4. The van der Waals surface area contributed by atoms with E-state index in [0.29, 0.717) is 0 Å². The molecule has 0 aliphatic rings. The van der Waals surface area contributed by atoms with Crippen LogP contribution in [0.25, 0.3) is 0 Å². The molecular formula is C15H33NSn. The molecule has 2 N–H and O–H groups in total. The van der Waals surface area contributed by atoms with Gasteiger partial charge in [-0.1, -0.05) is 0 Å². The Labute approximate surface area is 113 Å². The van der Waals surface area contributed by atoms with Crippen LogP contribution in [0, 0.1) is 0 Å². The Hall–Kier alpha value is 0.339. The number of hydrogen-bond acceptors (Lipinski definition) is 1. The molecule has 0 saturated carbocycles. The predicted octanol–water partition coefficient (Wildman–Crippen LogP) is 5.31. The third kappa shape index (κ3) is 8.12. The van der Waals surface area contributed by atoms with Gasteiger partial charge in [0.1, 0.15) is 0 Å². The molecule has 0 amide bonds. The van der Waals surface area contributed by atoms with Crippen molar-refractivity contribution in [1.82, 2.24) is 0 Å². The summed E-state index contributed by atoms with van der Waals surface area (Å²) in [5, 5.41) is 0. The summed E-state index contributed by atoms with van der Waals surface area (Å²) < 4.78 is 5.87. The first-order valence-electron chi connectivity index (χ1n) is 7.53. The van der Waals surface area contributed by atoms with Gasteiger partial charge in [0.05, 0.1) is 0 Å². The van der Waals surface area contributed by atoms with Crippen LogP contribution < -0.4 is 5.73 Å². The van der Waals surface area contributed by atoms with Gasteiger partial charge in [-0.3, -0.25) is 0 Å². The van der Waals surface area contributed by atoms with Gasteiger partial charge < -0.3 is 0 Å². The molecule has 1 nitrogen and oxygen atoms in total. The van der Waals surface area contributed by atoms with E-state index in [1.165, 1.54) is 43.0 Å². The van der Waals surface area contributed by atoms with Crippen LogP contribution in [0.4, 0.5) is 0 Å². The van der Waals surface area contributed by atoms with E-state index in [0.717, 1.165) is 5.70 Å². The van der Waals surface area contributed by atoms with Crippen molar-refractivity contribution in [2.45, 2.75) is 77.0 Å². The Bertz CT molecular complexity index is 179. The molecule has 0 heterocycles. The van der Waals surface area contributed by atoms with E-state index in [1.807, 2.05) is 0 Å². The molecule has 0 fully saturated rings. The van der Waals surface area contributed by atoms with Crippen LogP contribution in [0.2, 0.25) is 17.7 Å². The maximum atomic E-state index is 5.95. The van der Waals surface area contributed by atoms with Gasteiger partial charge in [0, 0.05) is 0 Å². The average molecular weight is 346 g/mol. The summed E-state index contributed by atoms with van der Waals surface area (Å²) in [6.07, 6.45) is 8.31. The predicted molar refractivity (Wildman–Crippen MR) is 83.0 cm³/mol. The normalized spacial score (nSPS) is 11.7. The van der Waals surface area contributed by atoms with Gasteiger partial charge in [-0.15, -0.1) is 0 Å². The number of hydrogen-bond donors (Lipinski definition) is 1. The zero-order chi connectivity index (χ0) is 13.1. The van der Waals surface area contributed by atoms with Crippen molar-refractivity contribution in [2.75, 3.05) is 0 Å². The molecule has 0 aromatic carbocycles. The Morgan fingerprint density at radius 1 is 0.882 bits per heavy atom. The van der Waals surface area contributed by atoms with Crippen molar-refractivity contribution < 1.29 is 0 Å². The molecular weight excluding hydrogens is 313 g/mol. The molecule has 0 saturated heterocycles. The third-order valence-corrected chi connectivity index (χ3v) is 19.3. The second kappa shape index (κ2) is 10.3. The number of allylic oxidation sites excluding steroid dienone is 1. The molecule has 0 spiro atoms. The second-order valence-corrected chi connectivity index (χ2v) is 19.5. The van der Waals surface area contributed by atoms with Crippen molar-refractivity contribution in [3.05, 3.63) is 12.3 Å². The standard InChI is InChI=1S/3C4H9.C3H6N.Sn/c3*1-3-4-2;1-3(2)4;/h3*1,3-4H2,2H3;1-2,4H2;. The Kier molecular flexibility index (Phi) is 10.5. The van der Waals surface area contributed by atoms with Gasteiger partial charge in [0.15, 0.2) is 0 Å². The molecule has 0 rings (SSSR count). The summed E-state index contributed by atoms with van der Waals surface area (Å²) in [5.74, 6) is 0. The molecule has 2 heteroatoms. The van der Waals surface area contributed by atoms with Crippen LogP contribution >= 0.6 is 0 Å². The fourth-order valence-electron chi connectivity index (χ4n) is 2.78. The molecule has 0 aliphatic carbocycles. The first kappa shape index (κ1) is 17.3. The SMILES string of the molecule is C=C(N)[CH2][Sn]([CH2]CCC)([CH2]CCC)[CH2]CCC. The van der Waals surface area contributed by atoms with Crippen LogP contribution in [0.1, 0.15) is 59.3 Å². The molecule has 0 bridgehead atoms. The Morgan fingerprint density at radius 3 is 1.47 bits per heavy atom. The molecule has 0 aromatic heterocycles. The Morgan fingerprint density at radius 2 is 1.24 bits per heavy atom. The summed E-state index contributed by atoms with van der Waals surface area (Å²) in [4.78, 5) is 0. The van der Waals surface area contributed by atoms with Gasteiger partial charge in [-0.2, -0.15) is 0 Å². The fourth-order valence-corrected chi connectivity index (χ4v) is 18.6. The van der Waals surface area contributed by atoms with Crippen molar-refractivity contribution in [3.63, 3.8) is 0 Å². The van der Waals surface area contributed by atoms with E-state index in [-0.39, 0.29) is 0 Å². The van der Waals surface area contributed by atoms with E-state index in [2.05, 4.69) is 27.4 Å². The summed E-state index contributed by atoms with van der Waals surface area (Å²) in [7, 11) is 0. The van der Waals surface area contributed by atoms with Gasteiger partial charge in [0.2, 0.25) is 0 Å². The quantitative estimate of drug-likeness (QED) is 0.504. The molecule has 0 unspecified atom stereocenters. The van der Waals surface area contributed by atoms with Crippen LogP contribution in [0.15, 0.2) is 12.3 Å². The summed E-state index contributed by atoms with van der Waals surface area (Å²) >= 11 is -1.96. The molecule has 102 valence electrons. The topological polar surface area (TPSA) is 26.0 Å². The van der Waals surface area contributed by atoms with Crippen LogP contribution in [0.3, 0.4) is 0 Å². The van der Waals surface area contributed by atoms with E-state index in [1.54, 1.807) is 13.3 Å². The summed E-state index contributed by atoms with van der Waals surface area (Å²) in [6, 6.07) is 0. The molecule has 0 aliphatic heterocycles. The van der Waals surface area contributed by atoms with Gasteiger partial charge in [0.25, 0.3) is 0 Å². The minimum absolute atomic E-state index is 0.976. The van der Waals surface area contributed by atoms with Crippen molar-refractivity contribution in [1.29, 1.82) is 0 Å². The van der Waals surface area contributed by atoms with Crippen molar-refractivity contribution >= 4 is 18.4 Å². The summed E-state index contributed by atoms with van der Waals surface area (Å²) in [5.41, 5.74) is 6.93. The first-order chi connectivity index (χ1) is 8.10. The maximum absolute atomic E-state index is 5.95. The van der Waals surface area contributed by atoms with Crippen LogP contribution in [-0.4, -0.2) is 18.4 Å². The van der Waals surface area contributed by atoms with Crippen molar-refractivity contribution in [2.24, 2.45) is 5.73 Å². The van der Waals surface area contributed by atoms with Gasteiger partial charge in [-0.25, -0.2) is 0 Å². The van der Waals surface area contributed by atoms with Gasteiger partial charge >= 0.3 is 113 Å². The molecule has 0 atom stereocenters. The fraction of sp³-hybridized carbons (Fsp3) is 0.867. The zero-order valence-corrected chi connectivity index (χ0v) is 15.2. The minimum atomic E-state index is -1.96. The molecule has 0 radical (unpaired) electrons. The van der Waals surface area contributed by atoms with Crippen LogP contribution in [0.5, 0.6) is 0 Å². The van der Waals surface area contributed by atoms with E-state index >= 15 is 0 Å². The van der Waals surface area contributed by atoms with E-state index < -0.39 is 18.4 Å². The number of rotatable bonds is 11. The van der Waals surface area contributed by atoms with Crippen molar-refractivity contribution in [3.8, 4) is 0 Å². The van der Waals surface area contributed by atoms with Gasteiger partial charge in [-0.05, 0) is 0 Å². The second-order valence-electron chi connectivity index (χ2n) is 5.65. The summed E-state index contributed by atoms with van der Waals surface area (Å²) in [6.45, 7) is 10.9. The van der Waals surface area contributed by atoms with E-state index in [9.17, 15) is 0 Å².